The van der Waals surface area contributed by atoms with Gasteiger partial charge in [-0.25, -0.2) is 0 Å². The minimum atomic E-state index is -4.62. The van der Waals surface area contributed by atoms with E-state index in [2.05, 4.69) is 62.5 Å². The minimum absolute atomic E-state index is 0.0406. The first-order valence-electron chi connectivity index (χ1n) is 16.3. The molecule has 0 aromatic heterocycles. The second-order valence-electron chi connectivity index (χ2n) is 11.8. The summed E-state index contributed by atoms with van der Waals surface area (Å²) in [5.41, 5.74) is 0. The lowest BCUT2D eigenvalue weighted by molar-refractivity contribution is -0.870. The summed E-state index contributed by atoms with van der Waals surface area (Å²) in [6, 6.07) is 0. The lowest BCUT2D eigenvalue weighted by Crippen LogP contribution is -2.37. The Hall–Kier alpha value is -2.03. The summed E-state index contributed by atoms with van der Waals surface area (Å²) in [5.74, 6) is -0.906. The third-order valence-corrected chi connectivity index (χ3v) is 7.33. The number of phosphoric ester groups is 1. The van der Waals surface area contributed by atoms with E-state index < -0.39 is 32.5 Å². The van der Waals surface area contributed by atoms with E-state index in [9.17, 15) is 19.0 Å². The molecule has 2 atom stereocenters. The van der Waals surface area contributed by atoms with Crippen molar-refractivity contribution in [1.29, 1.82) is 0 Å². The predicted octanol–water partition coefficient (Wildman–Crippen LogP) is 7.38. The molecular formula is C34H60NO8P. The molecule has 9 nitrogen and oxygen atoms in total. The lowest BCUT2D eigenvalue weighted by atomic mass is 10.1. The van der Waals surface area contributed by atoms with Crippen LogP contribution in [0.3, 0.4) is 0 Å². The molecule has 0 heterocycles. The maximum Gasteiger partial charge on any atom is 0.306 e. The highest BCUT2D eigenvalue weighted by Gasteiger charge is 2.21. The van der Waals surface area contributed by atoms with E-state index in [4.69, 9.17) is 18.5 Å². The molecule has 0 aliphatic rings. The molecule has 0 spiro atoms. The summed E-state index contributed by atoms with van der Waals surface area (Å²) in [5, 5.41) is 0. The van der Waals surface area contributed by atoms with Gasteiger partial charge in [0, 0.05) is 12.8 Å². The number of unbranched alkanes of at least 4 members (excludes halogenated alkanes) is 6. The van der Waals surface area contributed by atoms with E-state index in [-0.39, 0.29) is 26.1 Å². The Labute approximate surface area is 267 Å². The number of nitrogens with zero attached hydrogens (tertiary/aromatic N) is 1. The van der Waals surface area contributed by atoms with Gasteiger partial charge in [-0.3, -0.25) is 14.2 Å². The molecule has 0 fully saturated rings. The number of ether oxygens (including phenoxy) is 2. The largest absolute Gasteiger partial charge is 0.756 e. The first-order valence-corrected chi connectivity index (χ1v) is 17.8. The SMILES string of the molecule is CC/C=C\C/C=C\C/C=C\C/C=C\CCCCC(=O)OC(COC(=O)CCCCCCC)COP(=O)([O-])OCC[N+](C)(C)C. The van der Waals surface area contributed by atoms with Crippen LogP contribution in [0.4, 0.5) is 0 Å². The number of allylic oxidation sites excluding steroid dienone is 8. The summed E-state index contributed by atoms with van der Waals surface area (Å²) in [7, 11) is 1.12. The van der Waals surface area contributed by atoms with E-state index in [1.54, 1.807) is 0 Å². The van der Waals surface area contributed by atoms with Crippen molar-refractivity contribution < 1.29 is 42.1 Å². The minimum Gasteiger partial charge on any atom is -0.756 e. The van der Waals surface area contributed by atoms with Gasteiger partial charge in [0.2, 0.25) is 0 Å². The molecule has 0 aliphatic carbocycles. The number of quaternary nitrogens is 1. The molecule has 2 unspecified atom stereocenters. The van der Waals surface area contributed by atoms with Crippen LogP contribution in [0.5, 0.6) is 0 Å². The van der Waals surface area contributed by atoms with Gasteiger partial charge in [-0.15, -0.1) is 0 Å². The van der Waals surface area contributed by atoms with Gasteiger partial charge >= 0.3 is 11.9 Å². The Kier molecular flexibility index (Phi) is 26.0. The second-order valence-corrected chi connectivity index (χ2v) is 13.2. The second kappa shape index (κ2) is 27.3. The van der Waals surface area contributed by atoms with Gasteiger partial charge in [0.15, 0.2) is 6.10 Å². The fraction of sp³-hybridized carbons (Fsp3) is 0.706. The predicted molar refractivity (Wildman–Crippen MR) is 176 cm³/mol. The standard InChI is InChI=1S/C34H60NO8P/c1-6-8-10-12-13-14-15-16-17-18-19-20-21-23-25-27-34(37)43-32(30-40-33(36)26-24-22-11-9-7-2)31-42-44(38,39)41-29-28-35(3,4)5/h8,10,13-14,16-17,19-20,32H,6-7,9,11-12,15,18,21-31H2,1-5H3/b10-8-,14-13-,17-16-,20-19-. The molecule has 0 saturated carbocycles. The quantitative estimate of drug-likeness (QED) is 0.0286. The zero-order valence-corrected chi connectivity index (χ0v) is 29.0. The van der Waals surface area contributed by atoms with Crippen molar-refractivity contribution in [2.45, 2.75) is 110 Å². The lowest BCUT2D eigenvalue weighted by Gasteiger charge is -2.28. The van der Waals surface area contributed by atoms with Crippen LogP contribution in [-0.2, 0) is 32.7 Å². The summed E-state index contributed by atoms with van der Waals surface area (Å²) >= 11 is 0. The van der Waals surface area contributed by atoms with E-state index >= 15 is 0 Å². The van der Waals surface area contributed by atoms with Gasteiger partial charge in [0.05, 0.1) is 27.7 Å². The number of rotatable bonds is 28. The molecule has 0 aromatic carbocycles. The number of carbonyl (C=O) groups excluding carboxylic acids is 2. The van der Waals surface area contributed by atoms with Gasteiger partial charge in [-0.2, -0.15) is 0 Å². The maximum atomic E-state index is 12.5. The van der Waals surface area contributed by atoms with Crippen LogP contribution >= 0.6 is 7.82 Å². The van der Waals surface area contributed by atoms with Crippen LogP contribution in [0.2, 0.25) is 0 Å². The molecule has 0 amide bonds. The van der Waals surface area contributed by atoms with Crippen LogP contribution in [0.15, 0.2) is 48.6 Å². The fourth-order valence-corrected chi connectivity index (χ4v) is 4.49. The molecular weight excluding hydrogens is 581 g/mol. The van der Waals surface area contributed by atoms with Crippen molar-refractivity contribution in [2.24, 2.45) is 0 Å². The van der Waals surface area contributed by atoms with Gasteiger partial charge < -0.3 is 27.9 Å². The maximum absolute atomic E-state index is 12.5. The van der Waals surface area contributed by atoms with Crippen molar-refractivity contribution in [3.05, 3.63) is 48.6 Å². The molecule has 0 radical (unpaired) electrons. The zero-order valence-electron chi connectivity index (χ0n) is 28.1. The monoisotopic (exact) mass is 641 g/mol. The highest BCUT2D eigenvalue weighted by molar-refractivity contribution is 7.45. The number of phosphoric acid groups is 1. The Balaban J connectivity index is 4.54. The Morgan fingerprint density at radius 3 is 1.91 bits per heavy atom. The molecule has 10 heteroatoms. The van der Waals surface area contributed by atoms with Crippen LogP contribution in [-0.4, -0.2) is 70.0 Å². The summed E-state index contributed by atoms with van der Waals surface area (Å²) < 4.78 is 33.4. The highest BCUT2D eigenvalue weighted by atomic mass is 31.2. The van der Waals surface area contributed by atoms with Gasteiger partial charge in [-0.05, 0) is 51.4 Å². The fourth-order valence-electron chi connectivity index (χ4n) is 3.76. The van der Waals surface area contributed by atoms with Gasteiger partial charge in [0.1, 0.15) is 19.8 Å². The zero-order chi connectivity index (χ0) is 32.9. The van der Waals surface area contributed by atoms with Crippen molar-refractivity contribution in [3.63, 3.8) is 0 Å². The first kappa shape index (κ1) is 42.0. The Morgan fingerprint density at radius 2 is 1.30 bits per heavy atom. The summed E-state index contributed by atoms with van der Waals surface area (Å²) in [6.45, 7) is 3.91. The van der Waals surface area contributed by atoms with Crippen molar-refractivity contribution in [3.8, 4) is 0 Å². The smallest absolute Gasteiger partial charge is 0.306 e. The van der Waals surface area contributed by atoms with Crippen molar-refractivity contribution >= 4 is 19.8 Å². The molecule has 0 saturated heterocycles. The van der Waals surface area contributed by atoms with Gasteiger partial charge in [0.25, 0.3) is 7.82 Å². The van der Waals surface area contributed by atoms with Gasteiger partial charge in [-0.1, -0.05) is 88.1 Å². The van der Waals surface area contributed by atoms with Crippen LogP contribution in [0, 0.1) is 0 Å². The van der Waals surface area contributed by atoms with Crippen LogP contribution in [0.1, 0.15) is 104 Å². The molecule has 0 rings (SSSR count). The number of hydrogen-bond donors (Lipinski definition) is 0. The molecule has 44 heavy (non-hydrogen) atoms. The van der Waals surface area contributed by atoms with Crippen molar-refractivity contribution in [2.75, 3.05) is 47.5 Å². The number of carbonyl (C=O) groups is 2. The average molecular weight is 642 g/mol. The van der Waals surface area contributed by atoms with Crippen molar-refractivity contribution in [1.82, 2.24) is 0 Å². The number of esters is 2. The Morgan fingerprint density at radius 1 is 0.727 bits per heavy atom. The number of hydrogen-bond acceptors (Lipinski definition) is 8. The average Bonchev–Trinajstić information content (AvgIpc) is 2.95. The Bertz CT molecular complexity index is 907. The van der Waals surface area contributed by atoms with Crippen LogP contribution in [0.25, 0.3) is 0 Å². The van der Waals surface area contributed by atoms with E-state index in [1.807, 2.05) is 21.1 Å². The van der Waals surface area contributed by atoms with Crippen LogP contribution < -0.4 is 4.89 Å². The molecule has 254 valence electrons. The molecule has 0 aliphatic heterocycles. The number of likely N-dealkylation sites (N-methyl/N-ethyl adjacent to an activating group) is 1. The third kappa shape index (κ3) is 30.0. The van der Waals surface area contributed by atoms with E-state index in [0.29, 0.717) is 17.4 Å². The molecule has 0 bridgehead atoms. The summed E-state index contributed by atoms with van der Waals surface area (Å²) in [4.78, 5) is 36.9. The highest BCUT2D eigenvalue weighted by Crippen LogP contribution is 2.38. The van der Waals surface area contributed by atoms with E-state index in [0.717, 1.165) is 70.6 Å². The topological polar surface area (TPSA) is 111 Å². The summed E-state index contributed by atoms with van der Waals surface area (Å²) in [6.07, 6.45) is 27.6. The molecule has 0 N–H and O–H groups in total. The normalized spacial score (nSPS) is 14.6. The molecule has 0 aromatic rings. The first-order chi connectivity index (χ1) is 21.0. The third-order valence-electron chi connectivity index (χ3n) is 6.36. The van der Waals surface area contributed by atoms with E-state index in [1.165, 1.54) is 0 Å².